The van der Waals surface area contributed by atoms with Crippen LogP contribution in [-0.4, -0.2) is 60.8 Å². The number of anilines is 1. The molecule has 0 saturated carbocycles. The van der Waals surface area contributed by atoms with Crippen molar-refractivity contribution in [1.82, 2.24) is 9.80 Å². The first-order chi connectivity index (χ1) is 11.2. The van der Waals surface area contributed by atoms with Crippen molar-refractivity contribution in [2.45, 2.75) is 12.8 Å². The maximum absolute atomic E-state index is 12.2. The molecule has 3 rings (SSSR count). The average Bonchev–Trinajstić information content (AvgIpc) is 2.59. The Labute approximate surface area is 134 Å². The Bertz CT molecular complexity index is 624. The van der Waals surface area contributed by atoms with Gasteiger partial charge in [-0.1, -0.05) is 6.07 Å². The smallest absolute Gasteiger partial charge is 0.262 e. The summed E-state index contributed by atoms with van der Waals surface area (Å²) in [5.74, 6) is 0.581. The lowest BCUT2D eigenvalue weighted by Crippen LogP contribution is -2.48. The molecular weight excluding hydrogens is 298 g/mol. The van der Waals surface area contributed by atoms with Crippen LogP contribution in [0.15, 0.2) is 18.2 Å². The maximum Gasteiger partial charge on any atom is 0.262 e. The van der Waals surface area contributed by atoms with Gasteiger partial charge in [-0.25, -0.2) is 0 Å². The number of hydrogen-bond donors (Lipinski definition) is 1. The highest BCUT2D eigenvalue weighted by Crippen LogP contribution is 2.28. The molecule has 0 aliphatic carbocycles. The number of carbonyl (C=O) groups is 3. The predicted molar refractivity (Wildman–Crippen MR) is 83.1 cm³/mol. The van der Waals surface area contributed by atoms with Crippen LogP contribution >= 0.6 is 0 Å². The molecule has 23 heavy (non-hydrogen) atoms. The highest BCUT2D eigenvalue weighted by Gasteiger charge is 2.20. The number of nitrogens with zero attached hydrogens (tertiary/aromatic N) is 2. The minimum atomic E-state index is -0.168. The summed E-state index contributed by atoms with van der Waals surface area (Å²) in [7, 11) is 0. The molecule has 0 aromatic heterocycles. The van der Waals surface area contributed by atoms with Crippen LogP contribution in [0.1, 0.15) is 12.0 Å². The number of piperazine rings is 1. The van der Waals surface area contributed by atoms with Crippen molar-refractivity contribution in [2.24, 2.45) is 0 Å². The summed E-state index contributed by atoms with van der Waals surface area (Å²) in [5, 5.41) is 2.76. The van der Waals surface area contributed by atoms with Gasteiger partial charge in [-0.05, 0) is 24.1 Å². The first-order valence-corrected chi connectivity index (χ1v) is 7.68. The van der Waals surface area contributed by atoms with Crippen molar-refractivity contribution in [1.29, 1.82) is 0 Å². The summed E-state index contributed by atoms with van der Waals surface area (Å²) in [5.41, 5.74) is 1.64. The molecule has 0 bridgehead atoms. The normalized spacial score (nSPS) is 17.1. The van der Waals surface area contributed by atoms with Crippen LogP contribution < -0.4 is 10.1 Å². The minimum absolute atomic E-state index is 0.0393. The van der Waals surface area contributed by atoms with Gasteiger partial charge in [0.1, 0.15) is 5.75 Å². The molecule has 0 radical (unpaired) electrons. The van der Waals surface area contributed by atoms with Gasteiger partial charge in [0.25, 0.3) is 5.91 Å². The lowest BCUT2D eigenvalue weighted by molar-refractivity contribution is -0.135. The number of amides is 3. The van der Waals surface area contributed by atoms with E-state index in [1.54, 1.807) is 9.80 Å². The third-order valence-corrected chi connectivity index (χ3v) is 4.12. The molecule has 1 N–H and O–H groups in total. The Morgan fingerprint density at radius 3 is 2.78 bits per heavy atom. The van der Waals surface area contributed by atoms with E-state index in [4.69, 9.17) is 4.74 Å². The predicted octanol–water partition coefficient (Wildman–Crippen LogP) is 0.251. The van der Waals surface area contributed by atoms with Gasteiger partial charge in [-0.15, -0.1) is 0 Å². The molecular formula is C16H19N3O4. The van der Waals surface area contributed by atoms with E-state index in [9.17, 15) is 14.4 Å². The fourth-order valence-corrected chi connectivity index (χ4v) is 2.77. The minimum Gasteiger partial charge on any atom is -0.482 e. The Morgan fingerprint density at radius 1 is 1.26 bits per heavy atom. The Morgan fingerprint density at radius 2 is 2.04 bits per heavy atom. The van der Waals surface area contributed by atoms with Gasteiger partial charge >= 0.3 is 0 Å². The molecule has 0 atom stereocenters. The van der Waals surface area contributed by atoms with Crippen LogP contribution in [0.2, 0.25) is 0 Å². The van der Waals surface area contributed by atoms with Crippen LogP contribution in [0, 0.1) is 0 Å². The van der Waals surface area contributed by atoms with E-state index in [1.165, 1.54) is 0 Å². The third-order valence-electron chi connectivity index (χ3n) is 4.12. The standard InChI is InChI=1S/C16H19N3O4/c20-11-18-5-7-19(8-6-18)16(22)4-2-12-1-3-14-13(9-12)17-15(21)10-23-14/h1,3,9,11H,2,4-8,10H2,(H,17,21). The molecule has 2 aliphatic rings. The lowest BCUT2D eigenvalue weighted by Gasteiger charge is -2.32. The van der Waals surface area contributed by atoms with Gasteiger partial charge in [0.2, 0.25) is 12.3 Å². The van der Waals surface area contributed by atoms with Gasteiger partial charge in [-0.3, -0.25) is 14.4 Å². The quantitative estimate of drug-likeness (QED) is 0.808. The highest BCUT2D eigenvalue weighted by atomic mass is 16.5. The molecule has 1 aromatic rings. The molecule has 122 valence electrons. The monoisotopic (exact) mass is 317 g/mol. The number of aryl methyl sites for hydroxylation is 1. The summed E-state index contributed by atoms with van der Waals surface area (Å²) >= 11 is 0. The van der Waals surface area contributed by atoms with E-state index in [0.29, 0.717) is 50.5 Å². The van der Waals surface area contributed by atoms with Crippen LogP contribution in [0.5, 0.6) is 5.75 Å². The largest absolute Gasteiger partial charge is 0.482 e. The van der Waals surface area contributed by atoms with Gasteiger partial charge in [0.15, 0.2) is 6.61 Å². The zero-order valence-electron chi connectivity index (χ0n) is 12.8. The number of fused-ring (bicyclic) bond motifs is 1. The number of nitrogens with one attached hydrogen (secondary N) is 1. The highest BCUT2D eigenvalue weighted by molar-refractivity contribution is 5.95. The molecule has 2 aliphatic heterocycles. The number of benzene rings is 1. The van der Waals surface area contributed by atoms with E-state index in [2.05, 4.69) is 5.32 Å². The number of rotatable bonds is 4. The zero-order valence-corrected chi connectivity index (χ0v) is 12.8. The summed E-state index contributed by atoms with van der Waals surface area (Å²) in [4.78, 5) is 37.7. The topological polar surface area (TPSA) is 79.0 Å². The molecule has 0 unspecified atom stereocenters. The second-order valence-electron chi connectivity index (χ2n) is 5.69. The SMILES string of the molecule is O=CN1CCN(C(=O)CCc2ccc3c(c2)NC(=O)CO3)CC1. The molecule has 2 heterocycles. The summed E-state index contributed by atoms with van der Waals surface area (Å²) < 4.78 is 5.31. The van der Waals surface area contributed by atoms with E-state index in [0.717, 1.165) is 12.0 Å². The van der Waals surface area contributed by atoms with Gasteiger partial charge in [0.05, 0.1) is 5.69 Å². The van der Waals surface area contributed by atoms with E-state index >= 15 is 0 Å². The van der Waals surface area contributed by atoms with E-state index < -0.39 is 0 Å². The summed E-state index contributed by atoms with van der Waals surface area (Å²) in [6.45, 7) is 2.41. The van der Waals surface area contributed by atoms with Gasteiger partial charge in [0, 0.05) is 32.6 Å². The lowest BCUT2D eigenvalue weighted by atomic mass is 10.1. The van der Waals surface area contributed by atoms with Crippen molar-refractivity contribution in [3.63, 3.8) is 0 Å². The van der Waals surface area contributed by atoms with Crippen molar-refractivity contribution in [3.05, 3.63) is 23.8 Å². The molecule has 3 amide bonds. The molecule has 0 spiro atoms. The first-order valence-electron chi connectivity index (χ1n) is 7.68. The molecule has 7 nitrogen and oxygen atoms in total. The third kappa shape index (κ3) is 3.61. The summed E-state index contributed by atoms with van der Waals surface area (Å²) in [6.07, 6.45) is 1.84. The number of hydrogen-bond acceptors (Lipinski definition) is 4. The molecule has 7 heteroatoms. The summed E-state index contributed by atoms with van der Waals surface area (Å²) in [6, 6.07) is 5.58. The fourth-order valence-electron chi connectivity index (χ4n) is 2.77. The van der Waals surface area contributed by atoms with E-state index in [1.807, 2.05) is 18.2 Å². The Balaban J connectivity index is 1.54. The van der Waals surface area contributed by atoms with E-state index in [-0.39, 0.29) is 18.4 Å². The molecule has 1 fully saturated rings. The van der Waals surface area contributed by atoms with Crippen molar-refractivity contribution in [3.8, 4) is 5.75 Å². The first kappa shape index (κ1) is 15.3. The number of ether oxygens (including phenoxy) is 1. The second-order valence-corrected chi connectivity index (χ2v) is 5.69. The van der Waals surface area contributed by atoms with Crippen LogP contribution in [0.25, 0.3) is 0 Å². The average molecular weight is 317 g/mol. The second kappa shape index (κ2) is 6.68. The van der Waals surface area contributed by atoms with Crippen molar-refractivity contribution < 1.29 is 19.1 Å². The van der Waals surface area contributed by atoms with Crippen molar-refractivity contribution in [2.75, 3.05) is 38.1 Å². The van der Waals surface area contributed by atoms with Gasteiger partial charge in [-0.2, -0.15) is 0 Å². The number of carbonyl (C=O) groups excluding carboxylic acids is 3. The zero-order chi connectivity index (χ0) is 16.2. The Hall–Kier alpha value is -2.57. The molecule has 1 aromatic carbocycles. The van der Waals surface area contributed by atoms with Crippen molar-refractivity contribution >= 4 is 23.9 Å². The van der Waals surface area contributed by atoms with Crippen LogP contribution in [0.3, 0.4) is 0 Å². The fraction of sp³-hybridized carbons (Fsp3) is 0.438. The maximum atomic E-state index is 12.2. The van der Waals surface area contributed by atoms with Gasteiger partial charge < -0.3 is 19.9 Å². The Kier molecular flexibility index (Phi) is 4.45. The van der Waals surface area contributed by atoms with Crippen LogP contribution in [-0.2, 0) is 20.8 Å². The molecule has 1 saturated heterocycles. The van der Waals surface area contributed by atoms with Crippen LogP contribution in [0.4, 0.5) is 5.69 Å².